The van der Waals surface area contributed by atoms with Crippen molar-refractivity contribution in [2.75, 3.05) is 5.32 Å². The molecule has 0 aromatic carbocycles. The van der Waals surface area contributed by atoms with E-state index in [1.54, 1.807) is 6.20 Å². The number of anilines is 1. The fraction of sp³-hybridized carbons (Fsp3) is 0.692. The van der Waals surface area contributed by atoms with Gasteiger partial charge in [0.15, 0.2) is 0 Å². The number of hydrogen-bond acceptors (Lipinski definition) is 3. The van der Waals surface area contributed by atoms with Crippen LogP contribution in [0.2, 0.25) is 5.02 Å². The third kappa shape index (κ3) is 3.73. The van der Waals surface area contributed by atoms with Crippen molar-refractivity contribution in [2.24, 2.45) is 5.92 Å². The predicted octanol–water partition coefficient (Wildman–Crippen LogP) is 3.32. The monoisotopic (exact) mass is 271 g/mol. The maximum atomic E-state index is 12.0. The molecule has 1 aromatic heterocycles. The van der Waals surface area contributed by atoms with E-state index in [-0.39, 0.29) is 22.7 Å². The van der Waals surface area contributed by atoms with Crippen molar-refractivity contribution >= 4 is 17.3 Å². The highest BCUT2D eigenvalue weighted by Gasteiger charge is 2.13. The van der Waals surface area contributed by atoms with Gasteiger partial charge in [-0.05, 0) is 33.1 Å². The fourth-order valence-corrected chi connectivity index (χ4v) is 2.13. The average Bonchev–Trinajstić information content (AvgIpc) is 2.23. The van der Waals surface area contributed by atoms with Crippen LogP contribution < -0.4 is 10.9 Å². The Morgan fingerprint density at radius 2 is 1.94 bits per heavy atom. The molecule has 0 amide bonds. The van der Waals surface area contributed by atoms with Gasteiger partial charge in [0.25, 0.3) is 5.56 Å². The van der Waals surface area contributed by atoms with Crippen LogP contribution in [0.5, 0.6) is 0 Å². The number of hydrogen-bond donors (Lipinski definition) is 1. The number of halogens is 1. The summed E-state index contributed by atoms with van der Waals surface area (Å²) in [6.45, 7) is 10.2. The van der Waals surface area contributed by atoms with Crippen molar-refractivity contribution in [3.63, 3.8) is 0 Å². The summed E-state index contributed by atoms with van der Waals surface area (Å²) < 4.78 is 1.39. The van der Waals surface area contributed by atoms with Gasteiger partial charge in [-0.2, -0.15) is 5.10 Å². The topological polar surface area (TPSA) is 46.9 Å². The number of rotatable bonds is 5. The van der Waals surface area contributed by atoms with Crippen LogP contribution in [0.1, 0.15) is 47.1 Å². The molecule has 0 saturated carbocycles. The Morgan fingerprint density at radius 3 is 2.44 bits per heavy atom. The van der Waals surface area contributed by atoms with Gasteiger partial charge >= 0.3 is 0 Å². The van der Waals surface area contributed by atoms with E-state index >= 15 is 0 Å². The van der Waals surface area contributed by atoms with Crippen LogP contribution >= 0.6 is 11.6 Å². The summed E-state index contributed by atoms with van der Waals surface area (Å²) in [6, 6.07) is 0.274. The first-order valence-electron chi connectivity index (χ1n) is 6.36. The molecule has 5 heteroatoms. The van der Waals surface area contributed by atoms with E-state index in [4.69, 9.17) is 11.6 Å². The zero-order valence-electron chi connectivity index (χ0n) is 11.7. The van der Waals surface area contributed by atoms with E-state index in [2.05, 4.69) is 31.2 Å². The van der Waals surface area contributed by atoms with E-state index < -0.39 is 0 Å². The van der Waals surface area contributed by atoms with Crippen LogP contribution in [0.15, 0.2) is 11.0 Å². The largest absolute Gasteiger partial charge is 0.380 e. The molecule has 1 heterocycles. The summed E-state index contributed by atoms with van der Waals surface area (Å²) in [4.78, 5) is 12.0. The maximum Gasteiger partial charge on any atom is 0.287 e. The average molecular weight is 272 g/mol. The van der Waals surface area contributed by atoms with Gasteiger partial charge in [-0.25, -0.2) is 4.68 Å². The molecule has 0 aliphatic heterocycles. The third-order valence-electron chi connectivity index (χ3n) is 2.66. The zero-order valence-corrected chi connectivity index (χ0v) is 12.5. The van der Waals surface area contributed by atoms with Crippen LogP contribution in [0.25, 0.3) is 0 Å². The van der Waals surface area contributed by atoms with Crippen LogP contribution in [0, 0.1) is 5.92 Å². The molecule has 0 fully saturated rings. The van der Waals surface area contributed by atoms with Crippen molar-refractivity contribution < 1.29 is 0 Å². The minimum absolute atomic E-state index is 0.0112. The number of nitrogens with one attached hydrogen (secondary N) is 1. The highest BCUT2D eigenvalue weighted by molar-refractivity contribution is 6.32. The lowest BCUT2D eigenvalue weighted by Gasteiger charge is -2.18. The Hall–Kier alpha value is -1.03. The summed E-state index contributed by atoms with van der Waals surface area (Å²) in [6.07, 6.45) is 2.64. The Kier molecular flexibility index (Phi) is 5.20. The molecule has 1 unspecified atom stereocenters. The Bertz CT molecular complexity index is 454. The first-order valence-corrected chi connectivity index (χ1v) is 6.74. The van der Waals surface area contributed by atoms with E-state index in [9.17, 15) is 4.79 Å². The Balaban J connectivity index is 2.92. The minimum atomic E-state index is -0.242. The second kappa shape index (κ2) is 6.23. The van der Waals surface area contributed by atoms with E-state index in [0.29, 0.717) is 11.6 Å². The van der Waals surface area contributed by atoms with Crippen molar-refractivity contribution in [3.8, 4) is 0 Å². The summed E-state index contributed by atoms with van der Waals surface area (Å²) >= 11 is 6.09. The van der Waals surface area contributed by atoms with Gasteiger partial charge in [0.1, 0.15) is 5.02 Å². The lowest BCUT2D eigenvalue weighted by Crippen LogP contribution is -2.27. The molecule has 0 bridgehead atoms. The molecule has 0 aliphatic carbocycles. The molecule has 4 nitrogen and oxygen atoms in total. The van der Waals surface area contributed by atoms with Crippen molar-refractivity contribution in [1.82, 2.24) is 9.78 Å². The molecular formula is C13H22ClN3O. The second-order valence-corrected chi connectivity index (χ2v) is 5.77. The number of aromatic nitrogens is 2. The predicted molar refractivity (Wildman–Crippen MR) is 76.4 cm³/mol. The first-order chi connectivity index (χ1) is 8.32. The summed E-state index contributed by atoms with van der Waals surface area (Å²) in [7, 11) is 0. The zero-order chi connectivity index (χ0) is 13.9. The molecule has 1 aromatic rings. The van der Waals surface area contributed by atoms with Crippen molar-refractivity contribution in [3.05, 3.63) is 21.6 Å². The van der Waals surface area contributed by atoms with E-state index in [1.165, 1.54) is 4.68 Å². The highest BCUT2D eigenvalue weighted by atomic mass is 35.5. The molecule has 1 rings (SSSR count). The van der Waals surface area contributed by atoms with Crippen LogP contribution in [0.4, 0.5) is 5.69 Å². The van der Waals surface area contributed by atoms with E-state index in [0.717, 1.165) is 6.42 Å². The van der Waals surface area contributed by atoms with Gasteiger partial charge in [-0.3, -0.25) is 4.79 Å². The maximum absolute atomic E-state index is 12.0. The minimum Gasteiger partial charge on any atom is -0.380 e. The molecule has 1 N–H and O–H groups in total. The van der Waals surface area contributed by atoms with Crippen LogP contribution in [-0.4, -0.2) is 15.8 Å². The Labute approximate surface area is 113 Å². The van der Waals surface area contributed by atoms with Crippen LogP contribution in [0.3, 0.4) is 0 Å². The van der Waals surface area contributed by atoms with E-state index in [1.807, 2.05) is 13.8 Å². The van der Waals surface area contributed by atoms with Crippen LogP contribution in [-0.2, 0) is 0 Å². The Morgan fingerprint density at radius 1 is 1.33 bits per heavy atom. The lowest BCUT2D eigenvalue weighted by atomic mass is 10.1. The third-order valence-corrected chi connectivity index (χ3v) is 3.02. The molecule has 0 radical (unpaired) electrons. The first kappa shape index (κ1) is 15.0. The quantitative estimate of drug-likeness (QED) is 0.894. The second-order valence-electron chi connectivity index (χ2n) is 5.39. The highest BCUT2D eigenvalue weighted by Crippen LogP contribution is 2.19. The molecule has 1 atom stereocenters. The SMILES string of the molecule is CC(C)CC(C)Nc1cnn(C(C)C)c(=O)c1Cl. The van der Waals surface area contributed by atoms with Crippen molar-refractivity contribution in [1.29, 1.82) is 0 Å². The molecule has 18 heavy (non-hydrogen) atoms. The normalized spacial score (nSPS) is 13.1. The van der Waals surface area contributed by atoms with Gasteiger partial charge in [0.05, 0.1) is 17.9 Å². The molecule has 0 aliphatic rings. The summed E-state index contributed by atoms with van der Waals surface area (Å²) in [5, 5.41) is 7.59. The van der Waals surface area contributed by atoms with Crippen molar-refractivity contribution in [2.45, 2.75) is 53.1 Å². The molecular weight excluding hydrogens is 250 g/mol. The lowest BCUT2D eigenvalue weighted by molar-refractivity contribution is 0.501. The van der Waals surface area contributed by atoms with Gasteiger partial charge in [-0.15, -0.1) is 0 Å². The van der Waals surface area contributed by atoms with Gasteiger partial charge in [-0.1, -0.05) is 25.4 Å². The molecule has 102 valence electrons. The number of nitrogens with zero attached hydrogens (tertiary/aromatic N) is 2. The smallest absolute Gasteiger partial charge is 0.287 e. The van der Waals surface area contributed by atoms with Gasteiger partial charge in [0.2, 0.25) is 0 Å². The molecule has 0 saturated heterocycles. The van der Waals surface area contributed by atoms with Gasteiger partial charge < -0.3 is 5.32 Å². The summed E-state index contributed by atoms with van der Waals surface area (Å²) in [5.41, 5.74) is 0.375. The van der Waals surface area contributed by atoms with Gasteiger partial charge in [0, 0.05) is 6.04 Å². The fourth-order valence-electron chi connectivity index (χ4n) is 1.94. The summed E-state index contributed by atoms with van der Waals surface area (Å²) in [5.74, 6) is 0.593. The standard InChI is InChI=1S/C13H22ClN3O/c1-8(2)6-10(5)16-11-7-15-17(9(3)4)13(18)12(11)14/h7-10,16H,6H2,1-5H3. The molecule has 0 spiro atoms.